The predicted octanol–water partition coefficient (Wildman–Crippen LogP) is 2.24. The highest BCUT2D eigenvalue weighted by Crippen LogP contribution is 2.23. The van der Waals surface area contributed by atoms with E-state index in [2.05, 4.69) is 14.3 Å². The number of hydrogen-bond donors (Lipinski definition) is 0. The van der Waals surface area contributed by atoms with E-state index in [4.69, 9.17) is 0 Å². The number of imidazole rings is 1. The van der Waals surface area contributed by atoms with E-state index in [1.807, 2.05) is 18.2 Å². The Morgan fingerprint density at radius 3 is 3.08 bits per heavy atom. The lowest BCUT2D eigenvalue weighted by atomic mass is 10.2. The molecule has 2 heterocycles. The Bertz CT molecular complexity index is 573. The quantitative estimate of drug-likeness (QED) is 0.541. The van der Waals surface area contributed by atoms with Crippen LogP contribution in [-0.4, -0.2) is 14.3 Å². The van der Waals surface area contributed by atoms with Gasteiger partial charge < -0.3 is 0 Å². The Kier molecular flexibility index (Phi) is 1.31. The lowest BCUT2D eigenvalue weighted by Crippen LogP contribution is -1.74. The molecule has 0 aliphatic carbocycles. The first kappa shape index (κ1) is 6.91. The highest BCUT2D eigenvalue weighted by Gasteiger charge is 2.02. The Balaban J connectivity index is 2.65. The summed E-state index contributed by atoms with van der Waals surface area (Å²) < 4.78 is 5.25. The SMILES string of the molecule is c1cc2c(ccc3ncnc32)sn1. The van der Waals surface area contributed by atoms with Crippen molar-refractivity contribution in [1.29, 1.82) is 0 Å². The van der Waals surface area contributed by atoms with E-state index in [9.17, 15) is 0 Å². The zero-order valence-electron chi connectivity index (χ0n) is 6.64. The van der Waals surface area contributed by atoms with Crippen molar-refractivity contribution in [3.05, 3.63) is 30.7 Å². The Hall–Kier alpha value is -1.55. The third kappa shape index (κ3) is 0.922. The van der Waals surface area contributed by atoms with Crippen LogP contribution in [0.4, 0.5) is 0 Å². The summed E-state index contributed by atoms with van der Waals surface area (Å²) in [6.07, 6.45) is 3.39. The third-order valence-corrected chi connectivity index (χ3v) is 2.77. The van der Waals surface area contributed by atoms with Crippen LogP contribution < -0.4 is 0 Å². The third-order valence-electron chi connectivity index (χ3n) is 1.99. The van der Waals surface area contributed by atoms with Gasteiger partial charge in [0.15, 0.2) is 0 Å². The van der Waals surface area contributed by atoms with Gasteiger partial charge in [0.2, 0.25) is 0 Å². The van der Waals surface area contributed by atoms with E-state index in [1.54, 1.807) is 12.5 Å². The molecule has 0 aliphatic heterocycles. The van der Waals surface area contributed by atoms with Gasteiger partial charge in [-0.3, -0.25) is 0 Å². The molecule has 62 valence electrons. The number of nitrogens with zero attached hydrogens (tertiary/aromatic N) is 3. The molecular weight excluding hydrogens is 182 g/mol. The zero-order valence-corrected chi connectivity index (χ0v) is 7.45. The summed E-state index contributed by atoms with van der Waals surface area (Å²) in [5, 5.41) is 1.13. The fraction of sp³-hybridized carbons (Fsp3) is 0. The van der Waals surface area contributed by atoms with Crippen molar-refractivity contribution in [3.63, 3.8) is 0 Å². The maximum Gasteiger partial charge on any atom is 0.116 e. The van der Waals surface area contributed by atoms with Gasteiger partial charge in [0.1, 0.15) is 6.33 Å². The van der Waals surface area contributed by atoms with Crippen LogP contribution >= 0.6 is 11.5 Å². The van der Waals surface area contributed by atoms with Gasteiger partial charge in [0.05, 0.1) is 15.7 Å². The molecule has 2 aromatic heterocycles. The molecular formula is C9H5N3S. The van der Waals surface area contributed by atoms with Gasteiger partial charge in [-0.1, -0.05) is 0 Å². The van der Waals surface area contributed by atoms with Gasteiger partial charge in [-0.05, 0) is 29.7 Å². The van der Waals surface area contributed by atoms with Crippen molar-refractivity contribution in [1.82, 2.24) is 14.3 Å². The maximum atomic E-state index is 4.21. The summed E-state index contributed by atoms with van der Waals surface area (Å²) in [4.78, 5) is 8.36. The summed E-state index contributed by atoms with van der Waals surface area (Å²) in [7, 11) is 0. The zero-order chi connectivity index (χ0) is 8.67. The van der Waals surface area contributed by atoms with Crippen molar-refractivity contribution in [2.75, 3.05) is 0 Å². The van der Waals surface area contributed by atoms with E-state index >= 15 is 0 Å². The second-order valence-corrected chi connectivity index (χ2v) is 3.56. The van der Waals surface area contributed by atoms with Crippen LogP contribution in [0.2, 0.25) is 0 Å². The summed E-state index contributed by atoms with van der Waals surface area (Å²) in [6, 6.07) is 5.98. The maximum absolute atomic E-state index is 4.21. The monoisotopic (exact) mass is 187 g/mol. The summed E-state index contributed by atoms with van der Waals surface area (Å²) >= 11 is 1.48. The molecule has 3 rings (SSSR count). The molecule has 0 atom stereocenters. The Labute approximate surface area is 78.2 Å². The highest BCUT2D eigenvalue weighted by molar-refractivity contribution is 7.12. The van der Waals surface area contributed by atoms with E-state index in [1.165, 1.54) is 11.5 Å². The Morgan fingerprint density at radius 1 is 1.08 bits per heavy atom. The van der Waals surface area contributed by atoms with E-state index in [-0.39, 0.29) is 0 Å². The highest BCUT2D eigenvalue weighted by atomic mass is 32.1. The van der Waals surface area contributed by atoms with Crippen LogP contribution in [0.25, 0.3) is 21.1 Å². The first-order valence-corrected chi connectivity index (χ1v) is 4.66. The molecule has 3 aromatic rings. The van der Waals surface area contributed by atoms with Crippen molar-refractivity contribution < 1.29 is 0 Å². The fourth-order valence-electron chi connectivity index (χ4n) is 1.40. The van der Waals surface area contributed by atoms with Crippen LogP contribution in [0.5, 0.6) is 0 Å². The molecule has 0 N–H and O–H groups in total. The average molecular weight is 187 g/mol. The normalized spacial score (nSPS) is 11.1. The summed E-state index contributed by atoms with van der Waals surface area (Å²) in [6.45, 7) is 0. The first-order chi connectivity index (χ1) is 6.45. The van der Waals surface area contributed by atoms with Crippen LogP contribution in [-0.2, 0) is 0 Å². The number of aromatic nitrogens is 3. The second kappa shape index (κ2) is 2.47. The molecule has 0 spiro atoms. The van der Waals surface area contributed by atoms with Gasteiger partial charge in [-0.15, -0.1) is 0 Å². The van der Waals surface area contributed by atoms with Gasteiger partial charge in [-0.2, -0.15) is 0 Å². The minimum absolute atomic E-state index is 0.950. The summed E-state index contributed by atoms with van der Waals surface area (Å²) in [5.41, 5.74) is 1.92. The lowest BCUT2D eigenvalue weighted by molar-refractivity contribution is 1.35. The van der Waals surface area contributed by atoms with E-state index in [0.29, 0.717) is 0 Å². The summed E-state index contributed by atoms with van der Waals surface area (Å²) in [5.74, 6) is 0. The number of hydrogen-bond acceptors (Lipinski definition) is 4. The average Bonchev–Trinajstić information content (AvgIpc) is 2.65. The topological polar surface area (TPSA) is 38.7 Å². The number of benzene rings is 1. The standard InChI is InChI=1S/C9H5N3S/c1-2-8-6(3-4-12-13-8)9-7(1)10-5-11-9/h1-5H. The second-order valence-electron chi connectivity index (χ2n) is 2.73. The van der Waals surface area contributed by atoms with Crippen molar-refractivity contribution in [2.45, 2.75) is 0 Å². The molecule has 0 amide bonds. The van der Waals surface area contributed by atoms with E-state index in [0.717, 1.165) is 21.1 Å². The minimum atomic E-state index is 0.950. The van der Waals surface area contributed by atoms with Gasteiger partial charge in [-0.25, -0.2) is 14.3 Å². The van der Waals surface area contributed by atoms with Crippen LogP contribution in [0.1, 0.15) is 0 Å². The van der Waals surface area contributed by atoms with Gasteiger partial charge >= 0.3 is 0 Å². The largest absolute Gasteiger partial charge is 0.235 e. The van der Waals surface area contributed by atoms with Crippen LogP contribution in [0, 0.1) is 0 Å². The van der Waals surface area contributed by atoms with Crippen LogP contribution in [0.15, 0.2) is 30.7 Å². The fourth-order valence-corrected chi connectivity index (χ4v) is 2.03. The first-order valence-electron chi connectivity index (χ1n) is 3.89. The van der Waals surface area contributed by atoms with Crippen molar-refractivity contribution >= 4 is 32.7 Å². The van der Waals surface area contributed by atoms with E-state index < -0.39 is 0 Å². The number of rotatable bonds is 0. The molecule has 0 fully saturated rings. The molecule has 13 heavy (non-hydrogen) atoms. The van der Waals surface area contributed by atoms with Gasteiger partial charge in [0.25, 0.3) is 0 Å². The molecule has 3 nitrogen and oxygen atoms in total. The molecule has 0 bridgehead atoms. The Morgan fingerprint density at radius 2 is 2.08 bits per heavy atom. The molecule has 0 saturated carbocycles. The molecule has 0 aliphatic rings. The molecule has 0 radical (unpaired) electrons. The predicted molar refractivity (Wildman–Crippen MR) is 52.7 cm³/mol. The molecule has 4 heteroatoms. The number of fused-ring (bicyclic) bond motifs is 3. The lowest BCUT2D eigenvalue weighted by Gasteiger charge is -1.94. The smallest absolute Gasteiger partial charge is 0.116 e. The van der Waals surface area contributed by atoms with Crippen LogP contribution in [0.3, 0.4) is 0 Å². The van der Waals surface area contributed by atoms with Crippen molar-refractivity contribution in [2.24, 2.45) is 0 Å². The molecule has 1 aromatic carbocycles. The molecule has 0 saturated heterocycles. The van der Waals surface area contributed by atoms with Crippen molar-refractivity contribution in [3.8, 4) is 0 Å². The minimum Gasteiger partial charge on any atom is -0.235 e. The van der Waals surface area contributed by atoms with Gasteiger partial charge in [0, 0.05) is 11.6 Å². The molecule has 0 unspecified atom stereocenters.